The first-order valence-electron chi connectivity index (χ1n) is 6.71. The molecular weight excluding hydrogens is 326 g/mol. The van der Waals surface area contributed by atoms with Gasteiger partial charge in [-0.05, 0) is 0 Å². The van der Waals surface area contributed by atoms with Crippen molar-refractivity contribution in [1.29, 1.82) is 0 Å². The zero-order valence-corrected chi connectivity index (χ0v) is 14.0. The Balaban J connectivity index is 2.24. The average molecular weight is 343 g/mol. The maximum absolute atomic E-state index is 3.01. The molecule has 0 radical (unpaired) electrons. The third kappa shape index (κ3) is 2.45. The third-order valence-electron chi connectivity index (χ3n) is 3.57. The summed E-state index contributed by atoms with van der Waals surface area (Å²) in [6.07, 6.45) is 0. The normalized spacial score (nSPS) is 12.1. The molecule has 3 aromatic rings. The molecule has 3 aromatic carbocycles. The van der Waals surface area contributed by atoms with Crippen LogP contribution in [0.4, 0.5) is 0 Å². The van der Waals surface area contributed by atoms with E-state index in [-0.39, 0.29) is 0 Å². The molecule has 0 atom stereocenters. The Morgan fingerprint density at radius 1 is 0.450 bits per heavy atom. The number of hydrogen-bond acceptors (Lipinski definition) is 0. The fourth-order valence-electron chi connectivity index (χ4n) is 2.54. The second-order valence-electron chi connectivity index (χ2n) is 4.81. The van der Waals surface area contributed by atoms with Crippen molar-refractivity contribution in [2.45, 2.75) is 0 Å². The molecule has 0 unspecified atom stereocenters. The molecule has 0 spiro atoms. The first kappa shape index (κ1) is 13.6. The van der Waals surface area contributed by atoms with Gasteiger partial charge >= 0.3 is 128 Å². The van der Waals surface area contributed by atoms with Crippen LogP contribution in [0, 0.1) is 0 Å². The zero-order chi connectivity index (χ0) is 13.8. The molecule has 0 bridgehead atoms. The predicted molar refractivity (Wildman–Crippen MR) is 93.7 cm³/mol. The molecule has 0 fully saturated rings. The SMILES string of the molecule is [SeH][PH](c1ccccc1)(c1ccccc1)c1ccccc1. The molecule has 0 aliphatic carbocycles. The number of rotatable bonds is 3. The molecule has 2 heteroatoms. The molecule has 0 amide bonds. The topological polar surface area (TPSA) is 0 Å². The van der Waals surface area contributed by atoms with E-state index in [1.807, 2.05) is 0 Å². The van der Waals surface area contributed by atoms with Crippen molar-refractivity contribution < 1.29 is 0 Å². The van der Waals surface area contributed by atoms with Crippen LogP contribution in [0.1, 0.15) is 0 Å². The van der Waals surface area contributed by atoms with Gasteiger partial charge in [-0.2, -0.15) is 0 Å². The minimum atomic E-state index is -1.94. The Labute approximate surface area is 128 Å². The van der Waals surface area contributed by atoms with Gasteiger partial charge in [0.05, 0.1) is 0 Å². The fourth-order valence-corrected chi connectivity index (χ4v) is 8.38. The van der Waals surface area contributed by atoms with Crippen molar-refractivity contribution in [3.05, 3.63) is 91.0 Å². The Bertz CT molecular complexity index is 569. The maximum atomic E-state index is 3.01. The van der Waals surface area contributed by atoms with Crippen molar-refractivity contribution in [3.8, 4) is 0 Å². The van der Waals surface area contributed by atoms with Gasteiger partial charge in [0.1, 0.15) is 0 Å². The summed E-state index contributed by atoms with van der Waals surface area (Å²) < 4.78 is 0. The van der Waals surface area contributed by atoms with E-state index in [2.05, 4.69) is 107 Å². The van der Waals surface area contributed by atoms with Gasteiger partial charge in [0.15, 0.2) is 0 Å². The molecule has 0 saturated carbocycles. The van der Waals surface area contributed by atoms with Crippen molar-refractivity contribution in [3.63, 3.8) is 0 Å². The molecule has 0 aliphatic heterocycles. The van der Waals surface area contributed by atoms with E-state index in [1.54, 1.807) is 0 Å². The van der Waals surface area contributed by atoms with Crippen molar-refractivity contribution in [2.24, 2.45) is 0 Å². The summed E-state index contributed by atoms with van der Waals surface area (Å²) in [7, 11) is 0. The van der Waals surface area contributed by atoms with Crippen LogP contribution in [-0.4, -0.2) is 15.6 Å². The molecule has 0 nitrogen and oxygen atoms in total. The van der Waals surface area contributed by atoms with Crippen LogP contribution in [0.5, 0.6) is 0 Å². The average Bonchev–Trinajstić information content (AvgIpc) is 2.56. The molecule has 0 aliphatic rings. The first-order valence-corrected chi connectivity index (χ1v) is 11.5. The Hall–Kier alpha value is -1.39. The van der Waals surface area contributed by atoms with Crippen LogP contribution in [0.15, 0.2) is 91.0 Å². The molecule has 0 saturated heterocycles. The summed E-state index contributed by atoms with van der Waals surface area (Å²) >= 11 is 3.01. The summed E-state index contributed by atoms with van der Waals surface area (Å²) in [6.45, 7) is 0. The quantitative estimate of drug-likeness (QED) is 0.506. The van der Waals surface area contributed by atoms with Gasteiger partial charge in [-0.3, -0.25) is 0 Å². The van der Waals surface area contributed by atoms with Crippen molar-refractivity contribution in [2.75, 3.05) is 0 Å². The van der Waals surface area contributed by atoms with Crippen molar-refractivity contribution in [1.82, 2.24) is 0 Å². The summed E-state index contributed by atoms with van der Waals surface area (Å²) in [6, 6.07) is 32.6. The van der Waals surface area contributed by atoms with E-state index in [9.17, 15) is 0 Å². The van der Waals surface area contributed by atoms with Crippen LogP contribution >= 0.6 is 5.95 Å². The summed E-state index contributed by atoms with van der Waals surface area (Å²) in [5.41, 5.74) is 0. The van der Waals surface area contributed by atoms with E-state index >= 15 is 0 Å². The van der Waals surface area contributed by atoms with E-state index in [1.165, 1.54) is 15.9 Å². The van der Waals surface area contributed by atoms with E-state index in [4.69, 9.17) is 0 Å². The van der Waals surface area contributed by atoms with Crippen LogP contribution in [0.3, 0.4) is 0 Å². The molecule has 100 valence electrons. The molecule has 0 heterocycles. The van der Waals surface area contributed by atoms with Crippen LogP contribution in [-0.2, 0) is 0 Å². The van der Waals surface area contributed by atoms with Gasteiger partial charge in [-0.1, -0.05) is 0 Å². The van der Waals surface area contributed by atoms with Gasteiger partial charge in [-0.15, -0.1) is 0 Å². The summed E-state index contributed by atoms with van der Waals surface area (Å²) in [5, 5.41) is 4.28. The van der Waals surface area contributed by atoms with Gasteiger partial charge in [0, 0.05) is 0 Å². The van der Waals surface area contributed by atoms with Crippen LogP contribution < -0.4 is 15.9 Å². The van der Waals surface area contributed by atoms with E-state index in [0.29, 0.717) is 0 Å². The van der Waals surface area contributed by atoms with E-state index < -0.39 is 5.95 Å². The Morgan fingerprint density at radius 2 is 0.700 bits per heavy atom. The summed E-state index contributed by atoms with van der Waals surface area (Å²) in [5.74, 6) is -1.94. The van der Waals surface area contributed by atoms with Crippen molar-refractivity contribution >= 4 is 37.4 Å². The van der Waals surface area contributed by atoms with Crippen LogP contribution in [0.2, 0.25) is 0 Å². The zero-order valence-electron chi connectivity index (χ0n) is 11.1. The minimum absolute atomic E-state index is 1.43. The van der Waals surface area contributed by atoms with Gasteiger partial charge in [-0.25, -0.2) is 0 Å². The molecule has 3 rings (SSSR count). The molecule has 0 aromatic heterocycles. The van der Waals surface area contributed by atoms with E-state index in [0.717, 1.165) is 0 Å². The summed E-state index contributed by atoms with van der Waals surface area (Å²) in [4.78, 5) is 0. The second kappa shape index (κ2) is 5.94. The molecular formula is C18H17PSe. The fraction of sp³-hybridized carbons (Fsp3) is 0. The molecule has 20 heavy (non-hydrogen) atoms. The standard InChI is InChI=1S/C18H17PSe/c20-19(16-10-4-1-5-11-16,17-12-6-2-7-13-17)18-14-8-3-9-15-18/h1-15,19-20H. The van der Waals surface area contributed by atoms with Gasteiger partial charge in [0.25, 0.3) is 0 Å². The Kier molecular flexibility index (Phi) is 4.03. The predicted octanol–water partition coefficient (Wildman–Crippen LogP) is 2.53. The molecule has 0 N–H and O–H groups in total. The third-order valence-corrected chi connectivity index (χ3v) is 12.0. The van der Waals surface area contributed by atoms with Gasteiger partial charge in [0.2, 0.25) is 0 Å². The number of benzene rings is 3. The monoisotopic (exact) mass is 344 g/mol. The second-order valence-corrected chi connectivity index (χ2v) is 12.2. The number of hydrogen-bond donors (Lipinski definition) is 0. The first-order chi connectivity index (χ1) is 9.82. The van der Waals surface area contributed by atoms with Crippen LogP contribution in [0.25, 0.3) is 0 Å². The van der Waals surface area contributed by atoms with Gasteiger partial charge < -0.3 is 0 Å². The Morgan fingerprint density at radius 3 is 0.950 bits per heavy atom.